The maximum Gasteiger partial charge on any atom is 0.0579 e. The molecule has 0 aliphatic heterocycles. The van der Waals surface area contributed by atoms with Gasteiger partial charge in [-0.25, -0.2) is 0 Å². The number of allylic oxidation sites excluding steroid dienone is 7. The molecular formula is C15H21N. The molecule has 1 nitrogen and oxygen atoms in total. The lowest BCUT2D eigenvalue weighted by atomic mass is 10.2. The van der Waals surface area contributed by atoms with Gasteiger partial charge in [0.2, 0.25) is 0 Å². The Morgan fingerprint density at radius 1 is 1.19 bits per heavy atom. The third-order valence-corrected chi connectivity index (χ3v) is 1.97. The number of hydrogen-bond acceptors (Lipinski definition) is 1. The lowest BCUT2D eigenvalue weighted by Gasteiger charge is -1.92. The Kier molecular flexibility index (Phi) is 8.90. The van der Waals surface area contributed by atoms with Crippen molar-refractivity contribution in [2.45, 2.75) is 20.3 Å². The van der Waals surface area contributed by atoms with Crippen LogP contribution in [-0.2, 0) is 0 Å². The molecule has 0 aliphatic carbocycles. The SMILES string of the molecule is C=C/C=C/C/C=C\C(C)=C/CN=C(C)C=C. The fourth-order valence-electron chi connectivity index (χ4n) is 0.974. The van der Waals surface area contributed by atoms with Crippen molar-refractivity contribution < 1.29 is 0 Å². The first-order valence-corrected chi connectivity index (χ1v) is 5.45. The van der Waals surface area contributed by atoms with Gasteiger partial charge in [0.15, 0.2) is 0 Å². The van der Waals surface area contributed by atoms with E-state index in [0.29, 0.717) is 0 Å². The summed E-state index contributed by atoms with van der Waals surface area (Å²) in [7, 11) is 0. The first-order valence-electron chi connectivity index (χ1n) is 5.45. The van der Waals surface area contributed by atoms with E-state index < -0.39 is 0 Å². The average molecular weight is 215 g/mol. The molecule has 86 valence electrons. The monoisotopic (exact) mass is 215 g/mol. The quantitative estimate of drug-likeness (QED) is 0.444. The van der Waals surface area contributed by atoms with E-state index in [0.717, 1.165) is 18.7 Å². The lowest BCUT2D eigenvalue weighted by Crippen LogP contribution is -1.85. The first-order chi connectivity index (χ1) is 7.70. The van der Waals surface area contributed by atoms with Crippen LogP contribution in [-0.4, -0.2) is 12.3 Å². The van der Waals surface area contributed by atoms with Crippen LogP contribution in [0.15, 0.2) is 66.3 Å². The second-order valence-electron chi connectivity index (χ2n) is 3.44. The Morgan fingerprint density at radius 2 is 1.94 bits per heavy atom. The van der Waals surface area contributed by atoms with Gasteiger partial charge in [-0.1, -0.05) is 55.2 Å². The van der Waals surface area contributed by atoms with Crippen LogP contribution in [0.1, 0.15) is 20.3 Å². The fraction of sp³-hybridized carbons (Fsp3) is 0.267. The molecule has 0 aliphatic rings. The van der Waals surface area contributed by atoms with Gasteiger partial charge >= 0.3 is 0 Å². The predicted molar refractivity (Wildman–Crippen MR) is 75.0 cm³/mol. The summed E-state index contributed by atoms with van der Waals surface area (Å²) in [5.74, 6) is 0. The summed E-state index contributed by atoms with van der Waals surface area (Å²) in [4.78, 5) is 4.30. The maximum absolute atomic E-state index is 4.30. The van der Waals surface area contributed by atoms with Crippen LogP contribution >= 0.6 is 0 Å². The average Bonchev–Trinajstić information content (AvgIpc) is 2.28. The molecule has 1 heteroatoms. The van der Waals surface area contributed by atoms with Crippen molar-refractivity contribution >= 4 is 5.71 Å². The maximum atomic E-state index is 4.30. The second kappa shape index (κ2) is 9.91. The highest BCUT2D eigenvalue weighted by atomic mass is 14.7. The molecule has 0 atom stereocenters. The number of aliphatic imine (C=N–C) groups is 1. The number of hydrogen-bond donors (Lipinski definition) is 0. The minimum Gasteiger partial charge on any atom is -0.286 e. The molecule has 0 N–H and O–H groups in total. The molecule has 0 heterocycles. The van der Waals surface area contributed by atoms with Gasteiger partial charge < -0.3 is 0 Å². The third-order valence-electron chi connectivity index (χ3n) is 1.97. The zero-order chi connectivity index (χ0) is 12.2. The normalized spacial score (nSPS) is 13.6. The number of nitrogens with zero attached hydrogens (tertiary/aromatic N) is 1. The summed E-state index contributed by atoms with van der Waals surface area (Å²) in [5, 5.41) is 0. The zero-order valence-corrected chi connectivity index (χ0v) is 10.3. The van der Waals surface area contributed by atoms with Crippen molar-refractivity contribution in [1.29, 1.82) is 0 Å². The molecule has 0 aromatic carbocycles. The summed E-state index contributed by atoms with van der Waals surface area (Å²) in [6.07, 6.45) is 14.8. The Hall–Kier alpha value is -1.63. The lowest BCUT2D eigenvalue weighted by molar-refractivity contribution is 1.21. The van der Waals surface area contributed by atoms with Crippen LogP contribution in [0.25, 0.3) is 0 Å². The minimum absolute atomic E-state index is 0.719. The highest BCUT2D eigenvalue weighted by molar-refractivity contribution is 5.92. The molecule has 0 aromatic rings. The molecule has 0 fully saturated rings. The molecule has 0 aromatic heterocycles. The van der Waals surface area contributed by atoms with Crippen LogP contribution in [0.3, 0.4) is 0 Å². The van der Waals surface area contributed by atoms with Crippen molar-refractivity contribution in [3.8, 4) is 0 Å². The molecule has 0 spiro atoms. The van der Waals surface area contributed by atoms with Gasteiger partial charge in [-0.2, -0.15) is 0 Å². The molecule has 0 rings (SSSR count). The summed E-state index contributed by atoms with van der Waals surface area (Å²) < 4.78 is 0. The van der Waals surface area contributed by atoms with Gasteiger partial charge in [0, 0.05) is 5.71 Å². The Morgan fingerprint density at radius 3 is 2.56 bits per heavy atom. The van der Waals surface area contributed by atoms with Crippen LogP contribution in [0.5, 0.6) is 0 Å². The van der Waals surface area contributed by atoms with E-state index in [4.69, 9.17) is 0 Å². The standard InChI is InChI=1S/C15H21N/c1-5-7-8-9-10-11-14(3)12-13-16-15(4)6-2/h5-8,10-12H,1-2,9,13H2,3-4H3/b8-7+,11-10-,14-12-,16-15?. The van der Waals surface area contributed by atoms with Gasteiger partial charge in [-0.05, 0) is 26.3 Å². The van der Waals surface area contributed by atoms with Crippen molar-refractivity contribution in [1.82, 2.24) is 0 Å². The summed E-state index contributed by atoms with van der Waals surface area (Å²) >= 11 is 0. The van der Waals surface area contributed by atoms with Crippen molar-refractivity contribution in [3.63, 3.8) is 0 Å². The molecule has 0 saturated carbocycles. The molecule has 0 bridgehead atoms. The van der Waals surface area contributed by atoms with Gasteiger partial charge in [0.25, 0.3) is 0 Å². The van der Waals surface area contributed by atoms with E-state index >= 15 is 0 Å². The largest absolute Gasteiger partial charge is 0.286 e. The summed E-state index contributed by atoms with van der Waals surface area (Å²) in [6, 6.07) is 0. The predicted octanol–water partition coefficient (Wildman–Crippen LogP) is 4.27. The highest BCUT2D eigenvalue weighted by Gasteiger charge is 1.82. The van der Waals surface area contributed by atoms with Crippen LogP contribution in [0.4, 0.5) is 0 Å². The van der Waals surface area contributed by atoms with Crippen LogP contribution in [0, 0.1) is 0 Å². The fourth-order valence-corrected chi connectivity index (χ4v) is 0.974. The van der Waals surface area contributed by atoms with E-state index in [1.165, 1.54) is 5.57 Å². The molecule has 0 saturated heterocycles. The highest BCUT2D eigenvalue weighted by Crippen LogP contribution is 1.97. The van der Waals surface area contributed by atoms with Gasteiger partial charge in [0.1, 0.15) is 0 Å². The van der Waals surface area contributed by atoms with Crippen LogP contribution in [0.2, 0.25) is 0 Å². The smallest absolute Gasteiger partial charge is 0.0579 e. The molecule has 0 amide bonds. The van der Waals surface area contributed by atoms with Crippen LogP contribution < -0.4 is 0 Å². The van der Waals surface area contributed by atoms with Gasteiger partial charge in [-0.15, -0.1) is 0 Å². The van der Waals surface area contributed by atoms with Gasteiger partial charge in [-0.3, -0.25) is 4.99 Å². The first kappa shape index (κ1) is 14.4. The van der Waals surface area contributed by atoms with E-state index in [9.17, 15) is 0 Å². The Balaban J connectivity index is 4.00. The van der Waals surface area contributed by atoms with Crippen molar-refractivity contribution in [3.05, 3.63) is 61.3 Å². The topological polar surface area (TPSA) is 12.4 Å². The third kappa shape index (κ3) is 8.95. The second-order valence-corrected chi connectivity index (χ2v) is 3.44. The summed E-state index contributed by atoms with van der Waals surface area (Å²) in [6.45, 7) is 12.0. The zero-order valence-electron chi connectivity index (χ0n) is 10.3. The molecule has 16 heavy (non-hydrogen) atoms. The Bertz CT molecular complexity index is 327. The van der Waals surface area contributed by atoms with Crippen molar-refractivity contribution in [2.24, 2.45) is 4.99 Å². The van der Waals surface area contributed by atoms with E-state index in [1.807, 2.05) is 13.0 Å². The van der Waals surface area contributed by atoms with Crippen molar-refractivity contribution in [2.75, 3.05) is 6.54 Å². The molecule has 0 radical (unpaired) electrons. The van der Waals surface area contributed by atoms with Gasteiger partial charge in [0.05, 0.1) is 6.54 Å². The van der Waals surface area contributed by atoms with E-state index in [1.54, 1.807) is 12.2 Å². The molecular weight excluding hydrogens is 194 g/mol. The summed E-state index contributed by atoms with van der Waals surface area (Å²) in [5.41, 5.74) is 2.20. The van der Waals surface area contributed by atoms with E-state index in [-0.39, 0.29) is 0 Å². The Labute approximate surface area is 99.3 Å². The molecule has 0 unspecified atom stereocenters. The minimum atomic E-state index is 0.719. The van der Waals surface area contributed by atoms with E-state index in [2.05, 4.69) is 49.4 Å². The number of rotatable bonds is 7.